The maximum Gasteiger partial charge on any atom is 0.416 e. The number of halogens is 3. The Morgan fingerprint density at radius 3 is 2.45 bits per heavy atom. The van der Waals surface area contributed by atoms with E-state index in [4.69, 9.17) is 4.74 Å². The van der Waals surface area contributed by atoms with Crippen LogP contribution >= 0.6 is 0 Å². The maximum atomic E-state index is 12.7. The Labute approximate surface area is 165 Å². The predicted octanol–water partition coefficient (Wildman–Crippen LogP) is 4.38. The van der Waals surface area contributed by atoms with Crippen LogP contribution in [0.25, 0.3) is 10.9 Å². The van der Waals surface area contributed by atoms with E-state index in [-0.39, 0.29) is 12.1 Å². The summed E-state index contributed by atoms with van der Waals surface area (Å²) in [5.41, 5.74) is -1.26. The molecule has 1 amide bonds. The molecule has 0 bridgehead atoms. The lowest BCUT2D eigenvalue weighted by Crippen LogP contribution is -2.47. The fraction of sp³-hybridized carbons (Fsp3) is 0.238. The van der Waals surface area contributed by atoms with Crippen molar-refractivity contribution < 1.29 is 22.7 Å². The van der Waals surface area contributed by atoms with E-state index < -0.39 is 23.2 Å². The quantitative estimate of drug-likeness (QED) is 0.690. The molecular weight excluding hydrogens is 383 g/mol. The highest BCUT2D eigenvalue weighted by molar-refractivity contribution is 5.95. The van der Waals surface area contributed by atoms with Gasteiger partial charge in [0.15, 0.2) is 0 Å². The normalized spacial score (nSPS) is 13.5. The van der Waals surface area contributed by atoms with E-state index in [9.17, 15) is 23.2 Å². The molecule has 0 aliphatic heterocycles. The summed E-state index contributed by atoms with van der Waals surface area (Å²) in [6.07, 6.45) is -2.69. The fourth-order valence-corrected chi connectivity index (χ4v) is 3.09. The molecule has 1 N–H and O–H groups in total. The van der Waals surface area contributed by atoms with Crippen molar-refractivity contribution in [2.75, 3.05) is 7.11 Å². The molecule has 8 heteroatoms. The number of amides is 1. The summed E-state index contributed by atoms with van der Waals surface area (Å²) in [6, 6.07) is 13.3. The van der Waals surface area contributed by atoms with Crippen LogP contribution in [0.4, 0.5) is 13.2 Å². The molecule has 2 aromatic carbocycles. The van der Waals surface area contributed by atoms with E-state index in [1.54, 1.807) is 20.2 Å². The number of hydrogen-bond acceptors (Lipinski definition) is 3. The molecule has 1 atom stereocenters. The van der Waals surface area contributed by atoms with Crippen molar-refractivity contribution in [3.8, 4) is 11.8 Å². The Kier molecular flexibility index (Phi) is 5.25. The van der Waals surface area contributed by atoms with Crippen molar-refractivity contribution in [3.63, 3.8) is 0 Å². The molecular formula is C21H18F3N3O2. The van der Waals surface area contributed by atoms with Crippen LogP contribution in [0.5, 0.6) is 5.75 Å². The number of nitriles is 1. The van der Waals surface area contributed by atoms with Crippen LogP contribution in [0.15, 0.2) is 54.7 Å². The van der Waals surface area contributed by atoms with E-state index in [1.807, 2.05) is 28.8 Å². The van der Waals surface area contributed by atoms with Crippen molar-refractivity contribution in [3.05, 3.63) is 65.9 Å². The van der Waals surface area contributed by atoms with Gasteiger partial charge in [-0.1, -0.05) is 6.07 Å². The van der Waals surface area contributed by atoms with Gasteiger partial charge < -0.3 is 14.6 Å². The van der Waals surface area contributed by atoms with E-state index >= 15 is 0 Å². The molecule has 0 radical (unpaired) electrons. The van der Waals surface area contributed by atoms with Gasteiger partial charge >= 0.3 is 6.18 Å². The van der Waals surface area contributed by atoms with Gasteiger partial charge in [-0.15, -0.1) is 0 Å². The molecule has 29 heavy (non-hydrogen) atoms. The second kappa shape index (κ2) is 7.51. The molecule has 1 heterocycles. The Morgan fingerprint density at radius 1 is 1.17 bits per heavy atom. The summed E-state index contributed by atoms with van der Waals surface area (Å²) in [4.78, 5) is 12.5. The molecule has 3 aromatic rings. The molecule has 150 valence electrons. The van der Waals surface area contributed by atoms with Crippen molar-refractivity contribution in [1.29, 1.82) is 5.26 Å². The van der Waals surface area contributed by atoms with Gasteiger partial charge in [0.1, 0.15) is 11.3 Å². The first-order valence-corrected chi connectivity index (χ1v) is 8.70. The van der Waals surface area contributed by atoms with Gasteiger partial charge in [0, 0.05) is 17.1 Å². The van der Waals surface area contributed by atoms with Crippen molar-refractivity contribution >= 4 is 16.8 Å². The largest absolute Gasteiger partial charge is 0.496 e. The van der Waals surface area contributed by atoms with Crippen LogP contribution in [-0.2, 0) is 12.7 Å². The highest BCUT2D eigenvalue weighted by Gasteiger charge is 2.31. The number of nitrogens with zero attached hydrogens (tertiary/aromatic N) is 2. The second-order valence-electron chi connectivity index (χ2n) is 6.81. The lowest BCUT2D eigenvalue weighted by atomic mass is 10.0. The van der Waals surface area contributed by atoms with Crippen LogP contribution in [0.1, 0.15) is 22.8 Å². The number of ether oxygens (including phenoxy) is 1. The smallest absolute Gasteiger partial charge is 0.416 e. The fourth-order valence-electron chi connectivity index (χ4n) is 3.09. The molecule has 3 rings (SSSR count). The third-order valence-electron chi connectivity index (χ3n) is 4.59. The summed E-state index contributed by atoms with van der Waals surface area (Å²) in [6.45, 7) is 1.70. The monoisotopic (exact) mass is 401 g/mol. The number of methoxy groups -OCH3 is 1. The van der Waals surface area contributed by atoms with Gasteiger partial charge in [0.05, 0.1) is 30.8 Å². The highest BCUT2D eigenvalue weighted by atomic mass is 19.4. The zero-order chi connectivity index (χ0) is 21.2. The van der Waals surface area contributed by atoms with E-state index in [2.05, 4.69) is 11.4 Å². The Morgan fingerprint density at radius 2 is 1.86 bits per heavy atom. The lowest BCUT2D eigenvalue weighted by Gasteiger charge is -2.24. The number of alkyl halides is 3. The number of rotatable bonds is 5. The zero-order valence-corrected chi connectivity index (χ0v) is 15.7. The minimum Gasteiger partial charge on any atom is -0.496 e. The Hall–Kier alpha value is -3.47. The minimum absolute atomic E-state index is 0.0403. The first kappa shape index (κ1) is 20.3. The predicted molar refractivity (Wildman–Crippen MR) is 101 cm³/mol. The van der Waals surface area contributed by atoms with Gasteiger partial charge in [-0.2, -0.15) is 18.4 Å². The van der Waals surface area contributed by atoms with Crippen LogP contribution in [0.3, 0.4) is 0 Å². The number of hydrogen-bond donors (Lipinski definition) is 1. The Balaban J connectivity index is 1.82. The van der Waals surface area contributed by atoms with Crippen molar-refractivity contribution in [2.24, 2.45) is 0 Å². The first-order valence-electron chi connectivity index (χ1n) is 8.70. The zero-order valence-electron chi connectivity index (χ0n) is 15.7. The van der Waals surface area contributed by atoms with Gasteiger partial charge in [-0.3, -0.25) is 4.79 Å². The molecule has 0 saturated carbocycles. The van der Waals surface area contributed by atoms with E-state index in [0.717, 1.165) is 35.2 Å². The number of fused-ring (bicyclic) bond motifs is 1. The van der Waals surface area contributed by atoms with Crippen molar-refractivity contribution in [2.45, 2.75) is 25.2 Å². The summed E-state index contributed by atoms with van der Waals surface area (Å²) in [7, 11) is 1.57. The molecule has 5 nitrogen and oxygen atoms in total. The molecule has 0 saturated heterocycles. The third-order valence-corrected chi connectivity index (χ3v) is 4.59. The third kappa shape index (κ3) is 4.19. The summed E-state index contributed by atoms with van der Waals surface area (Å²) >= 11 is 0. The van der Waals surface area contributed by atoms with Crippen LogP contribution in [0.2, 0.25) is 0 Å². The van der Waals surface area contributed by atoms with E-state index in [1.165, 1.54) is 0 Å². The lowest BCUT2D eigenvalue weighted by molar-refractivity contribution is -0.137. The van der Waals surface area contributed by atoms with Gasteiger partial charge in [0.2, 0.25) is 0 Å². The summed E-state index contributed by atoms with van der Waals surface area (Å²) < 4.78 is 45.2. The molecule has 0 fully saturated rings. The number of benzene rings is 2. The van der Waals surface area contributed by atoms with Crippen molar-refractivity contribution in [1.82, 2.24) is 9.88 Å². The molecule has 0 aliphatic carbocycles. The van der Waals surface area contributed by atoms with Gasteiger partial charge in [0.25, 0.3) is 5.91 Å². The SMILES string of the molecule is COc1cccc2c1ccn2CC(C)(C#N)NC(=O)c1ccc(C(F)(F)F)cc1. The Bertz CT molecular complexity index is 1080. The molecule has 0 spiro atoms. The summed E-state index contributed by atoms with van der Waals surface area (Å²) in [5, 5.41) is 13.1. The minimum atomic E-state index is -4.48. The highest BCUT2D eigenvalue weighted by Crippen LogP contribution is 2.29. The number of carbonyl (C=O) groups is 1. The van der Waals surface area contributed by atoms with Gasteiger partial charge in [-0.05, 0) is 49.4 Å². The van der Waals surface area contributed by atoms with Crippen LogP contribution in [0, 0.1) is 11.3 Å². The molecule has 1 aromatic heterocycles. The second-order valence-corrected chi connectivity index (χ2v) is 6.81. The molecule has 0 aliphatic rings. The standard InChI is InChI=1S/C21H18F3N3O2/c1-20(12-25,13-27-11-10-16-17(27)4-3-5-18(16)29-2)26-19(28)14-6-8-15(9-7-14)21(22,23)24/h3-11H,13H2,1-2H3,(H,26,28). The maximum absolute atomic E-state index is 12.7. The average molecular weight is 401 g/mol. The first-order chi connectivity index (χ1) is 13.7. The van der Waals surface area contributed by atoms with Gasteiger partial charge in [-0.25, -0.2) is 0 Å². The van der Waals surface area contributed by atoms with Crippen LogP contribution < -0.4 is 10.1 Å². The topological polar surface area (TPSA) is 67.1 Å². The van der Waals surface area contributed by atoms with Crippen LogP contribution in [-0.4, -0.2) is 23.1 Å². The summed E-state index contributed by atoms with van der Waals surface area (Å²) in [5.74, 6) is 0.0607. The number of aromatic nitrogens is 1. The number of carbonyl (C=O) groups excluding carboxylic acids is 1. The average Bonchev–Trinajstić information content (AvgIpc) is 3.10. The van der Waals surface area contributed by atoms with E-state index in [0.29, 0.717) is 5.75 Å². The molecule has 1 unspecified atom stereocenters. The number of nitrogens with one attached hydrogen (secondary N) is 1.